The molecule has 6 nitrogen and oxygen atoms in total. The Labute approximate surface area is 84.9 Å². The summed E-state index contributed by atoms with van der Waals surface area (Å²) in [6.45, 7) is 1.06. The minimum Gasteiger partial charge on any atom is -0.477 e. The molecule has 0 radical (unpaired) electrons. The number of aromatic carboxylic acids is 1. The Balaban J connectivity index is 3.51. The fraction of sp³-hybridized carbons (Fsp3) is 0.222. The van der Waals surface area contributed by atoms with Gasteiger partial charge >= 0.3 is 5.97 Å². The topological polar surface area (TPSA) is 101 Å². The van der Waals surface area contributed by atoms with Crippen molar-refractivity contribution in [2.45, 2.75) is 13.5 Å². The lowest BCUT2D eigenvalue weighted by atomic mass is 10.0. The molecule has 1 aromatic carbocycles. The number of nitrogens with zero attached hydrogens (tertiary/aromatic N) is 1. The lowest BCUT2D eigenvalue weighted by Crippen LogP contribution is -2.06. The van der Waals surface area contributed by atoms with Gasteiger partial charge in [-0.15, -0.1) is 0 Å². The third-order valence-corrected chi connectivity index (χ3v) is 2.13. The highest BCUT2D eigenvalue weighted by Crippen LogP contribution is 2.26. The summed E-state index contributed by atoms with van der Waals surface area (Å²) in [5.74, 6) is -1.35. The number of nitro groups is 1. The molecule has 0 unspecified atom stereocenters. The monoisotopic (exact) mass is 211 g/mol. The van der Waals surface area contributed by atoms with Crippen LogP contribution in [0.2, 0.25) is 0 Å². The van der Waals surface area contributed by atoms with E-state index in [0.29, 0.717) is 5.56 Å². The summed E-state index contributed by atoms with van der Waals surface area (Å²) in [6.07, 6.45) is 0. The quantitative estimate of drug-likeness (QED) is 0.575. The predicted molar refractivity (Wildman–Crippen MR) is 50.7 cm³/mol. The van der Waals surface area contributed by atoms with Crippen molar-refractivity contribution in [1.82, 2.24) is 0 Å². The summed E-state index contributed by atoms with van der Waals surface area (Å²) in [5.41, 5.74) is -0.294. The zero-order chi connectivity index (χ0) is 11.6. The fourth-order valence-electron chi connectivity index (χ4n) is 1.32. The van der Waals surface area contributed by atoms with Crippen molar-refractivity contribution in [2.24, 2.45) is 0 Å². The molecule has 6 heteroatoms. The Hall–Kier alpha value is -1.95. The van der Waals surface area contributed by atoms with Crippen LogP contribution in [0.5, 0.6) is 0 Å². The minimum absolute atomic E-state index is 0.183. The van der Waals surface area contributed by atoms with E-state index in [1.54, 1.807) is 0 Å². The number of aliphatic hydroxyl groups is 1. The number of carboxylic acid groups (broad SMARTS) is 1. The largest absolute Gasteiger partial charge is 0.477 e. The highest BCUT2D eigenvalue weighted by molar-refractivity contribution is 5.93. The molecule has 1 rings (SSSR count). The van der Waals surface area contributed by atoms with Crippen LogP contribution in [0.3, 0.4) is 0 Å². The van der Waals surface area contributed by atoms with Gasteiger partial charge in [-0.3, -0.25) is 10.1 Å². The maximum absolute atomic E-state index is 10.7. The molecule has 0 fully saturated rings. The summed E-state index contributed by atoms with van der Waals surface area (Å²) >= 11 is 0. The number of nitro benzene ring substituents is 1. The van der Waals surface area contributed by atoms with E-state index in [1.165, 1.54) is 13.0 Å². The second-order valence-electron chi connectivity index (χ2n) is 2.97. The summed E-state index contributed by atoms with van der Waals surface area (Å²) in [7, 11) is 0. The normalized spacial score (nSPS) is 10.0. The van der Waals surface area contributed by atoms with Crippen LogP contribution >= 0.6 is 0 Å². The molecule has 2 N–H and O–H groups in total. The molecule has 0 amide bonds. The lowest BCUT2D eigenvalue weighted by molar-refractivity contribution is -0.385. The molecule has 0 bridgehead atoms. The Morgan fingerprint density at radius 1 is 1.53 bits per heavy atom. The molecule has 0 aromatic heterocycles. The second kappa shape index (κ2) is 4.05. The molecule has 80 valence electrons. The van der Waals surface area contributed by atoms with Crippen LogP contribution in [-0.4, -0.2) is 21.1 Å². The number of hydrogen-bond donors (Lipinski definition) is 2. The number of carbonyl (C=O) groups is 1. The Bertz CT molecular complexity index is 427. The van der Waals surface area contributed by atoms with Gasteiger partial charge in [-0.1, -0.05) is 6.07 Å². The van der Waals surface area contributed by atoms with Gasteiger partial charge in [-0.2, -0.15) is 0 Å². The van der Waals surface area contributed by atoms with Crippen LogP contribution < -0.4 is 0 Å². The van der Waals surface area contributed by atoms with Crippen molar-refractivity contribution in [3.05, 3.63) is 38.9 Å². The zero-order valence-corrected chi connectivity index (χ0v) is 7.93. The van der Waals surface area contributed by atoms with Gasteiger partial charge in [0.05, 0.1) is 11.5 Å². The highest BCUT2D eigenvalue weighted by atomic mass is 16.6. The third kappa shape index (κ3) is 1.94. The SMILES string of the molecule is Cc1c(CO)ccc(C(=O)O)c1[N+](=O)[O-]. The standard InChI is InChI=1S/C9H9NO5/c1-5-6(4-11)2-3-7(9(12)13)8(5)10(14)15/h2-3,11H,4H2,1H3,(H,12,13). The molecular weight excluding hydrogens is 202 g/mol. The fourth-order valence-corrected chi connectivity index (χ4v) is 1.32. The zero-order valence-electron chi connectivity index (χ0n) is 7.93. The van der Waals surface area contributed by atoms with Crippen molar-refractivity contribution in [2.75, 3.05) is 0 Å². The van der Waals surface area contributed by atoms with Gasteiger partial charge in [-0.25, -0.2) is 4.79 Å². The van der Waals surface area contributed by atoms with E-state index in [2.05, 4.69) is 0 Å². The number of aliphatic hydroxyl groups excluding tert-OH is 1. The smallest absolute Gasteiger partial charge is 0.342 e. The minimum atomic E-state index is -1.35. The average molecular weight is 211 g/mol. The first-order valence-electron chi connectivity index (χ1n) is 4.10. The van der Waals surface area contributed by atoms with Crippen LogP contribution in [0.15, 0.2) is 12.1 Å². The molecule has 0 atom stereocenters. The van der Waals surface area contributed by atoms with Crippen LogP contribution in [-0.2, 0) is 6.61 Å². The van der Waals surface area contributed by atoms with Gasteiger partial charge in [0.15, 0.2) is 0 Å². The Morgan fingerprint density at radius 3 is 2.53 bits per heavy atom. The first kappa shape index (κ1) is 11.1. The average Bonchev–Trinajstić information content (AvgIpc) is 2.16. The second-order valence-corrected chi connectivity index (χ2v) is 2.97. The predicted octanol–water partition coefficient (Wildman–Crippen LogP) is 1.09. The maximum atomic E-state index is 10.7. The van der Waals surface area contributed by atoms with Gasteiger partial charge in [0.2, 0.25) is 0 Å². The number of benzene rings is 1. The van der Waals surface area contributed by atoms with E-state index in [4.69, 9.17) is 10.2 Å². The first-order valence-corrected chi connectivity index (χ1v) is 4.10. The van der Waals surface area contributed by atoms with E-state index in [9.17, 15) is 14.9 Å². The third-order valence-electron chi connectivity index (χ3n) is 2.13. The van der Waals surface area contributed by atoms with Crippen molar-refractivity contribution < 1.29 is 19.9 Å². The number of carboxylic acids is 1. The van der Waals surface area contributed by atoms with Gasteiger partial charge < -0.3 is 10.2 Å². The summed E-state index contributed by atoms with van der Waals surface area (Å²) in [6, 6.07) is 2.49. The van der Waals surface area contributed by atoms with E-state index < -0.39 is 16.6 Å². The Kier molecular flexibility index (Phi) is 3.01. The van der Waals surface area contributed by atoms with Crippen molar-refractivity contribution in [3.63, 3.8) is 0 Å². The van der Waals surface area contributed by atoms with E-state index >= 15 is 0 Å². The van der Waals surface area contributed by atoms with Crippen molar-refractivity contribution in [3.8, 4) is 0 Å². The number of rotatable bonds is 3. The maximum Gasteiger partial charge on any atom is 0.342 e. The summed E-state index contributed by atoms with van der Waals surface area (Å²) < 4.78 is 0. The summed E-state index contributed by atoms with van der Waals surface area (Å²) in [5, 5.41) is 28.3. The van der Waals surface area contributed by atoms with Gasteiger partial charge in [0.1, 0.15) is 5.56 Å². The summed E-state index contributed by atoms with van der Waals surface area (Å²) in [4.78, 5) is 20.6. The molecule has 0 saturated carbocycles. The van der Waals surface area contributed by atoms with Crippen molar-refractivity contribution in [1.29, 1.82) is 0 Å². The first-order chi connectivity index (χ1) is 6.99. The van der Waals surface area contributed by atoms with E-state index in [-0.39, 0.29) is 17.7 Å². The molecule has 1 aromatic rings. The van der Waals surface area contributed by atoms with Gasteiger partial charge in [0.25, 0.3) is 5.69 Å². The molecule has 0 aliphatic carbocycles. The van der Waals surface area contributed by atoms with E-state index in [0.717, 1.165) is 6.07 Å². The van der Waals surface area contributed by atoms with Crippen molar-refractivity contribution >= 4 is 11.7 Å². The molecule has 0 aliphatic heterocycles. The van der Waals surface area contributed by atoms with Crippen LogP contribution in [0.4, 0.5) is 5.69 Å². The highest BCUT2D eigenvalue weighted by Gasteiger charge is 2.23. The molecule has 15 heavy (non-hydrogen) atoms. The number of hydrogen-bond acceptors (Lipinski definition) is 4. The molecule has 0 aliphatic rings. The Morgan fingerprint density at radius 2 is 2.13 bits per heavy atom. The van der Waals surface area contributed by atoms with E-state index in [1.807, 2.05) is 0 Å². The van der Waals surface area contributed by atoms with Gasteiger partial charge in [-0.05, 0) is 18.6 Å². The van der Waals surface area contributed by atoms with Crippen LogP contribution in [0.1, 0.15) is 21.5 Å². The lowest BCUT2D eigenvalue weighted by Gasteiger charge is -2.05. The van der Waals surface area contributed by atoms with Crippen LogP contribution in [0.25, 0.3) is 0 Å². The molecule has 0 saturated heterocycles. The van der Waals surface area contributed by atoms with Crippen LogP contribution in [0, 0.1) is 17.0 Å². The molecule has 0 spiro atoms. The molecule has 0 heterocycles. The molecular formula is C9H9NO5. The van der Waals surface area contributed by atoms with Gasteiger partial charge in [0, 0.05) is 5.56 Å².